The number of alkyl halides is 3. The van der Waals surface area contributed by atoms with E-state index >= 15 is 0 Å². The molecule has 0 bridgehead atoms. The molecule has 0 aromatic heterocycles. The number of hydrogen-bond donors (Lipinski definition) is 0. The highest BCUT2D eigenvalue weighted by atomic mass is 19.4. The van der Waals surface area contributed by atoms with E-state index in [0.29, 0.717) is 12.8 Å². The lowest BCUT2D eigenvalue weighted by Gasteiger charge is -2.15. The van der Waals surface area contributed by atoms with Crippen LogP contribution in [0.3, 0.4) is 0 Å². The summed E-state index contributed by atoms with van der Waals surface area (Å²) in [5, 5.41) is 0. The van der Waals surface area contributed by atoms with Gasteiger partial charge in [0.25, 0.3) is 0 Å². The minimum atomic E-state index is -4.48. The molecule has 0 heterocycles. The fourth-order valence-corrected chi connectivity index (χ4v) is 0.644. The third-order valence-corrected chi connectivity index (χ3v) is 1.21. The van der Waals surface area contributed by atoms with Gasteiger partial charge in [-0.1, -0.05) is 13.8 Å². The van der Waals surface area contributed by atoms with Crippen LogP contribution in [0.25, 0.3) is 0 Å². The van der Waals surface area contributed by atoms with E-state index in [2.05, 4.69) is 4.74 Å². The van der Waals surface area contributed by atoms with Crippen LogP contribution in [0.15, 0.2) is 0 Å². The monoisotopic (exact) mass is 156 g/mol. The number of ether oxygens (including phenoxy) is 1. The summed E-state index contributed by atoms with van der Waals surface area (Å²) in [6.45, 7) is 3.33. The molecule has 0 aromatic rings. The lowest BCUT2D eigenvalue weighted by Crippen LogP contribution is -2.22. The van der Waals surface area contributed by atoms with Gasteiger partial charge in [0.1, 0.15) is 0 Å². The first-order chi connectivity index (χ1) is 4.49. The van der Waals surface area contributed by atoms with E-state index in [0.717, 1.165) is 0 Å². The van der Waals surface area contributed by atoms with Crippen molar-refractivity contribution in [3.63, 3.8) is 0 Å². The van der Waals surface area contributed by atoms with Crippen LogP contribution in [0.5, 0.6) is 0 Å². The molecule has 0 aliphatic heterocycles. The standard InChI is InChI=1S/C6H11F3O/c1-3-5(4-2)10-6(7,8)9/h5H,3-4H2,1-2H3. The van der Waals surface area contributed by atoms with Crippen LogP contribution in [0.2, 0.25) is 0 Å². The van der Waals surface area contributed by atoms with Gasteiger partial charge < -0.3 is 0 Å². The van der Waals surface area contributed by atoms with Crippen molar-refractivity contribution >= 4 is 0 Å². The summed E-state index contributed by atoms with van der Waals surface area (Å²) in [6.07, 6.45) is -4.36. The molecule has 0 aliphatic carbocycles. The van der Waals surface area contributed by atoms with Crippen molar-refractivity contribution in [2.24, 2.45) is 0 Å². The van der Waals surface area contributed by atoms with Crippen molar-refractivity contribution in [1.82, 2.24) is 0 Å². The van der Waals surface area contributed by atoms with Gasteiger partial charge in [0, 0.05) is 0 Å². The Kier molecular flexibility index (Phi) is 3.71. The van der Waals surface area contributed by atoms with E-state index in [1.807, 2.05) is 0 Å². The minimum absolute atomic E-state index is 0.399. The molecule has 0 aromatic carbocycles. The number of hydrogen-bond acceptors (Lipinski definition) is 1. The van der Waals surface area contributed by atoms with Gasteiger partial charge in [-0.3, -0.25) is 4.74 Å². The molecule has 0 rings (SSSR count). The highest BCUT2D eigenvalue weighted by Crippen LogP contribution is 2.21. The largest absolute Gasteiger partial charge is 0.522 e. The molecule has 0 amide bonds. The van der Waals surface area contributed by atoms with Crippen LogP contribution in [-0.4, -0.2) is 12.5 Å². The van der Waals surface area contributed by atoms with Crippen LogP contribution < -0.4 is 0 Å². The first-order valence-electron chi connectivity index (χ1n) is 3.24. The van der Waals surface area contributed by atoms with Crippen LogP contribution in [0, 0.1) is 0 Å². The SMILES string of the molecule is CCC(CC)OC(F)(F)F. The van der Waals surface area contributed by atoms with E-state index in [1.165, 1.54) is 0 Å². The molecular formula is C6H11F3O. The summed E-state index contributed by atoms with van der Waals surface area (Å²) >= 11 is 0. The second-order valence-electron chi connectivity index (χ2n) is 2.00. The van der Waals surface area contributed by atoms with E-state index in [4.69, 9.17) is 0 Å². The first kappa shape index (κ1) is 9.75. The molecule has 0 atom stereocenters. The molecule has 62 valence electrons. The number of halogens is 3. The maximum atomic E-state index is 11.5. The van der Waals surface area contributed by atoms with Crippen molar-refractivity contribution < 1.29 is 17.9 Å². The molecule has 0 unspecified atom stereocenters. The van der Waals surface area contributed by atoms with Crippen molar-refractivity contribution in [1.29, 1.82) is 0 Å². The van der Waals surface area contributed by atoms with Crippen molar-refractivity contribution in [3.8, 4) is 0 Å². The summed E-state index contributed by atoms with van der Waals surface area (Å²) in [6, 6.07) is 0. The molecule has 0 fully saturated rings. The Morgan fingerprint density at radius 3 is 1.70 bits per heavy atom. The van der Waals surface area contributed by atoms with E-state index in [-0.39, 0.29) is 0 Å². The van der Waals surface area contributed by atoms with Crippen LogP contribution in [-0.2, 0) is 4.74 Å². The molecule has 0 spiro atoms. The van der Waals surface area contributed by atoms with Gasteiger partial charge >= 0.3 is 6.36 Å². The number of rotatable bonds is 3. The summed E-state index contributed by atoms with van der Waals surface area (Å²) in [5.74, 6) is 0. The normalized spacial score (nSPS) is 12.6. The third-order valence-electron chi connectivity index (χ3n) is 1.21. The zero-order chi connectivity index (χ0) is 8.20. The summed E-state index contributed by atoms with van der Waals surface area (Å²) in [4.78, 5) is 0. The maximum absolute atomic E-state index is 11.5. The molecular weight excluding hydrogens is 145 g/mol. The fraction of sp³-hybridized carbons (Fsp3) is 1.00. The van der Waals surface area contributed by atoms with Gasteiger partial charge in [-0.25, -0.2) is 0 Å². The Labute approximate surface area is 58.2 Å². The van der Waals surface area contributed by atoms with Gasteiger partial charge in [0.2, 0.25) is 0 Å². The Balaban J connectivity index is 3.63. The summed E-state index contributed by atoms with van der Waals surface area (Å²) < 4.78 is 38.1. The Morgan fingerprint density at radius 1 is 1.20 bits per heavy atom. The Hall–Kier alpha value is -0.250. The molecule has 0 saturated heterocycles. The van der Waals surface area contributed by atoms with Gasteiger partial charge in [-0.2, -0.15) is 0 Å². The van der Waals surface area contributed by atoms with Gasteiger partial charge in [-0.15, -0.1) is 13.2 Å². The average molecular weight is 156 g/mol. The summed E-state index contributed by atoms with van der Waals surface area (Å²) in [7, 11) is 0. The second-order valence-corrected chi connectivity index (χ2v) is 2.00. The lowest BCUT2D eigenvalue weighted by molar-refractivity contribution is -0.343. The second kappa shape index (κ2) is 3.81. The molecule has 0 aliphatic rings. The molecule has 0 N–H and O–H groups in total. The highest BCUT2D eigenvalue weighted by molar-refractivity contribution is 4.51. The van der Waals surface area contributed by atoms with Crippen molar-refractivity contribution in [2.75, 3.05) is 0 Å². The molecule has 1 nitrogen and oxygen atoms in total. The Morgan fingerprint density at radius 2 is 1.60 bits per heavy atom. The van der Waals surface area contributed by atoms with Gasteiger partial charge in [0.15, 0.2) is 0 Å². The first-order valence-corrected chi connectivity index (χ1v) is 3.24. The smallest absolute Gasteiger partial charge is 0.289 e. The van der Waals surface area contributed by atoms with Gasteiger partial charge in [-0.05, 0) is 12.8 Å². The zero-order valence-corrected chi connectivity index (χ0v) is 6.03. The zero-order valence-electron chi connectivity index (χ0n) is 6.03. The molecule has 0 saturated carbocycles. The van der Waals surface area contributed by atoms with E-state index < -0.39 is 12.5 Å². The average Bonchev–Trinajstić information content (AvgIpc) is 1.81. The van der Waals surface area contributed by atoms with E-state index in [1.54, 1.807) is 13.8 Å². The molecule has 10 heavy (non-hydrogen) atoms. The van der Waals surface area contributed by atoms with E-state index in [9.17, 15) is 13.2 Å². The lowest BCUT2D eigenvalue weighted by atomic mass is 10.2. The quantitative estimate of drug-likeness (QED) is 0.610. The van der Waals surface area contributed by atoms with Crippen molar-refractivity contribution in [2.45, 2.75) is 39.2 Å². The van der Waals surface area contributed by atoms with Crippen LogP contribution >= 0.6 is 0 Å². The van der Waals surface area contributed by atoms with Gasteiger partial charge in [0.05, 0.1) is 6.10 Å². The van der Waals surface area contributed by atoms with Crippen LogP contribution in [0.1, 0.15) is 26.7 Å². The molecule has 0 radical (unpaired) electrons. The minimum Gasteiger partial charge on any atom is -0.289 e. The topological polar surface area (TPSA) is 9.23 Å². The van der Waals surface area contributed by atoms with Crippen molar-refractivity contribution in [3.05, 3.63) is 0 Å². The fourth-order valence-electron chi connectivity index (χ4n) is 0.644. The molecule has 4 heteroatoms. The van der Waals surface area contributed by atoms with Crippen LogP contribution in [0.4, 0.5) is 13.2 Å². The predicted molar refractivity (Wildman–Crippen MR) is 31.5 cm³/mol. The maximum Gasteiger partial charge on any atom is 0.522 e. The Bertz CT molecular complexity index is 85.5. The third kappa shape index (κ3) is 4.61. The predicted octanol–water partition coefficient (Wildman–Crippen LogP) is 2.71. The summed E-state index contributed by atoms with van der Waals surface area (Å²) in [5.41, 5.74) is 0. The highest BCUT2D eigenvalue weighted by Gasteiger charge is 2.31.